The minimum atomic E-state index is -1.94. The first kappa shape index (κ1) is 20.5. The highest BCUT2D eigenvalue weighted by atomic mass is 28.3. The molecule has 2 aliphatic carbocycles. The molecule has 0 saturated heterocycles. The maximum absolute atomic E-state index is 12.1. The molecular weight excluding hydrogens is 376 g/mol. The van der Waals surface area contributed by atoms with E-state index in [0.29, 0.717) is 24.5 Å². The van der Waals surface area contributed by atoms with Crippen molar-refractivity contribution in [3.63, 3.8) is 0 Å². The lowest BCUT2D eigenvalue weighted by atomic mass is 9.75. The number of fused-ring (bicyclic) bond motifs is 1. The Morgan fingerprint density at radius 2 is 1.52 bits per heavy atom. The van der Waals surface area contributed by atoms with Gasteiger partial charge in [-0.2, -0.15) is 0 Å². The van der Waals surface area contributed by atoms with Crippen molar-refractivity contribution in [1.29, 1.82) is 0 Å². The molecule has 2 aliphatic rings. The molecule has 0 bridgehead atoms. The van der Waals surface area contributed by atoms with Crippen molar-refractivity contribution in [2.45, 2.75) is 52.2 Å². The van der Waals surface area contributed by atoms with Crippen LogP contribution in [-0.2, 0) is 9.22 Å². The molecule has 2 aromatic carbocycles. The van der Waals surface area contributed by atoms with E-state index in [9.17, 15) is 9.90 Å². The van der Waals surface area contributed by atoms with E-state index in [1.54, 1.807) is 0 Å². The van der Waals surface area contributed by atoms with Crippen LogP contribution in [0.1, 0.15) is 40.0 Å². The summed E-state index contributed by atoms with van der Waals surface area (Å²) in [6, 6.07) is 21.0. The van der Waals surface area contributed by atoms with E-state index in [-0.39, 0.29) is 29.5 Å². The van der Waals surface area contributed by atoms with Crippen LogP contribution in [0, 0.1) is 23.2 Å². The Labute approximate surface area is 175 Å². The third-order valence-electron chi connectivity index (χ3n) is 6.73. The number of carbonyl (C=O) groups excluding carboxylic acids is 1. The molecule has 154 valence electrons. The molecule has 29 heavy (non-hydrogen) atoms. The summed E-state index contributed by atoms with van der Waals surface area (Å²) in [7, 11) is -1.94. The van der Waals surface area contributed by atoms with E-state index in [0.717, 1.165) is 6.42 Å². The van der Waals surface area contributed by atoms with Crippen LogP contribution in [0.3, 0.4) is 0 Å². The Kier molecular flexibility index (Phi) is 5.78. The SMILES string of the molecule is CC(C)(C)C(O[SiH](c1ccccc1)c1ccccc1)[C@@H]1[C@H]2CC(=O)C[C@H]2C[C@H]1O. The van der Waals surface area contributed by atoms with E-state index in [4.69, 9.17) is 4.43 Å². The summed E-state index contributed by atoms with van der Waals surface area (Å²) in [4.78, 5) is 12.1. The van der Waals surface area contributed by atoms with Crippen LogP contribution in [0.15, 0.2) is 60.7 Å². The second-order valence-corrected chi connectivity index (χ2v) is 12.2. The number of aliphatic hydroxyl groups is 1. The predicted molar refractivity (Wildman–Crippen MR) is 119 cm³/mol. The van der Waals surface area contributed by atoms with Gasteiger partial charge in [-0.1, -0.05) is 81.4 Å². The smallest absolute Gasteiger partial charge is 0.240 e. The van der Waals surface area contributed by atoms with Gasteiger partial charge in [0, 0.05) is 18.8 Å². The fourth-order valence-electron chi connectivity index (χ4n) is 5.47. The fourth-order valence-corrected chi connectivity index (χ4v) is 8.19. The highest BCUT2D eigenvalue weighted by molar-refractivity contribution is 6.80. The molecule has 0 aliphatic heterocycles. The van der Waals surface area contributed by atoms with Gasteiger partial charge in [-0.05, 0) is 34.0 Å². The van der Waals surface area contributed by atoms with Crippen molar-refractivity contribution >= 4 is 25.2 Å². The van der Waals surface area contributed by atoms with Crippen molar-refractivity contribution in [2.75, 3.05) is 0 Å². The zero-order valence-corrected chi connectivity index (χ0v) is 18.8. The average molecular weight is 409 g/mol. The van der Waals surface area contributed by atoms with Crippen molar-refractivity contribution < 1.29 is 14.3 Å². The average Bonchev–Trinajstić information content (AvgIpc) is 3.18. The number of benzene rings is 2. The lowest BCUT2D eigenvalue weighted by Gasteiger charge is -2.41. The van der Waals surface area contributed by atoms with Gasteiger partial charge in [0.1, 0.15) is 5.78 Å². The summed E-state index contributed by atoms with van der Waals surface area (Å²) in [5, 5.41) is 13.5. The van der Waals surface area contributed by atoms with Crippen LogP contribution in [0.2, 0.25) is 0 Å². The lowest BCUT2D eigenvalue weighted by molar-refractivity contribution is -0.118. The van der Waals surface area contributed by atoms with Crippen LogP contribution in [0.4, 0.5) is 0 Å². The monoisotopic (exact) mass is 408 g/mol. The van der Waals surface area contributed by atoms with Gasteiger partial charge in [0.15, 0.2) is 0 Å². The number of hydrogen-bond acceptors (Lipinski definition) is 3. The maximum atomic E-state index is 12.1. The van der Waals surface area contributed by atoms with Crippen LogP contribution in [-0.4, -0.2) is 32.1 Å². The number of hydrogen-bond donors (Lipinski definition) is 1. The zero-order chi connectivity index (χ0) is 20.6. The van der Waals surface area contributed by atoms with Gasteiger partial charge in [0.05, 0.1) is 12.2 Å². The fraction of sp³-hybridized carbons (Fsp3) is 0.480. The Hall–Kier alpha value is -1.75. The molecule has 0 radical (unpaired) electrons. The van der Waals surface area contributed by atoms with Crippen LogP contribution in [0.25, 0.3) is 0 Å². The zero-order valence-electron chi connectivity index (χ0n) is 17.6. The molecule has 5 atom stereocenters. The topological polar surface area (TPSA) is 46.5 Å². The molecule has 0 heterocycles. The summed E-state index contributed by atoms with van der Waals surface area (Å²) in [6.45, 7) is 6.61. The molecular formula is C25H32O3Si. The van der Waals surface area contributed by atoms with Crippen molar-refractivity contribution in [3.05, 3.63) is 60.7 Å². The molecule has 3 nitrogen and oxygen atoms in total. The summed E-state index contributed by atoms with van der Waals surface area (Å²) >= 11 is 0. The first-order chi connectivity index (χ1) is 13.8. The molecule has 4 rings (SSSR count). The Morgan fingerprint density at radius 3 is 2.03 bits per heavy atom. The highest BCUT2D eigenvalue weighted by Crippen LogP contribution is 2.51. The summed E-state index contributed by atoms with van der Waals surface area (Å²) in [5.74, 6) is 0.950. The van der Waals surface area contributed by atoms with Crippen LogP contribution in [0.5, 0.6) is 0 Å². The van der Waals surface area contributed by atoms with Crippen molar-refractivity contribution in [3.8, 4) is 0 Å². The largest absolute Gasteiger partial charge is 0.407 e. The van der Waals surface area contributed by atoms with Gasteiger partial charge in [-0.3, -0.25) is 4.79 Å². The first-order valence-corrected chi connectivity index (χ1v) is 12.4. The van der Waals surface area contributed by atoms with E-state index in [2.05, 4.69) is 69.3 Å². The molecule has 0 spiro atoms. The second-order valence-electron chi connectivity index (χ2n) is 9.88. The van der Waals surface area contributed by atoms with Gasteiger partial charge in [0.2, 0.25) is 9.04 Å². The van der Waals surface area contributed by atoms with Gasteiger partial charge in [0.25, 0.3) is 0 Å². The molecule has 0 amide bonds. The van der Waals surface area contributed by atoms with Crippen molar-refractivity contribution in [1.82, 2.24) is 0 Å². The summed E-state index contributed by atoms with van der Waals surface area (Å²) < 4.78 is 7.05. The Bertz CT molecular complexity index is 791. The predicted octanol–water partition coefficient (Wildman–Crippen LogP) is 2.93. The van der Waals surface area contributed by atoms with Gasteiger partial charge in [-0.25, -0.2) is 0 Å². The third kappa shape index (κ3) is 4.25. The normalized spacial score (nSPS) is 28.0. The van der Waals surface area contributed by atoms with E-state index in [1.807, 2.05) is 12.1 Å². The highest BCUT2D eigenvalue weighted by Gasteiger charge is 2.53. The third-order valence-corrected chi connectivity index (χ3v) is 9.28. The van der Waals surface area contributed by atoms with Crippen molar-refractivity contribution in [2.24, 2.45) is 23.2 Å². The Balaban J connectivity index is 1.70. The molecule has 4 heteroatoms. The van der Waals surface area contributed by atoms with E-state index >= 15 is 0 Å². The van der Waals surface area contributed by atoms with E-state index < -0.39 is 9.04 Å². The summed E-state index contributed by atoms with van der Waals surface area (Å²) in [5.41, 5.74) is -0.124. The van der Waals surface area contributed by atoms with Crippen LogP contribution < -0.4 is 10.4 Å². The van der Waals surface area contributed by atoms with E-state index in [1.165, 1.54) is 10.4 Å². The van der Waals surface area contributed by atoms with Gasteiger partial charge < -0.3 is 9.53 Å². The van der Waals surface area contributed by atoms with Gasteiger partial charge in [-0.15, -0.1) is 0 Å². The molecule has 0 aromatic heterocycles. The molecule has 1 unspecified atom stereocenters. The number of aliphatic hydroxyl groups excluding tert-OH is 1. The summed E-state index contributed by atoms with van der Waals surface area (Å²) in [6.07, 6.45) is 1.50. The standard InChI is InChI=1S/C25H32O3Si/c1-25(2,3)24(23-21-16-18(26)14-17(21)15-22(23)27)28-29(19-10-6-4-7-11-19)20-12-8-5-9-13-20/h4-13,17,21-24,27,29H,14-16H2,1-3H3/t17-,21-,22+,23+,24?/m0/s1. The quantitative estimate of drug-likeness (QED) is 0.774. The minimum absolute atomic E-state index is 0.0221. The number of rotatable bonds is 5. The molecule has 2 aromatic rings. The Morgan fingerprint density at radius 1 is 0.966 bits per heavy atom. The van der Waals surface area contributed by atoms with Gasteiger partial charge >= 0.3 is 0 Å². The number of Topliss-reactive ketones (excluding diaryl/α,β-unsaturated/α-hetero) is 1. The lowest BCUT2D eigenvalue weighted by Crippen LogP contribution is -2.53. The second kappa shape index (κ2) is 8.17. The van der Waals surface area contributed by atoms with Crippen LogP contribution >= 0.6 is 0 Å². The number of carbonyl (C=O) groups is 1. The number of ketones is 1. The minimum Gasteiger partial charge on any atom is -0.407 e. The molecule has 2 fully saturated rings. The maximum Gasteiger partial charge on any atom is 0.240 e. The molecule has 1 N–H and O–H groups in total. The first-order valence-electron chi connectivity index (χ1n) is 10.8. The molecule has 2 saturated carbocycles.